The molecule has 0 aromatic rings. The van der Waals surface area contributed by atoms with Gasteiger partial charge in [-0.15, -0.1) is 0 Å². The van der Waals surface area contributed by atoms with Crippen molar-refractivity contribution in [3.8, 4) is 0 Å². The maximum atomic E-state index is 11.6. The van der Waals surface area contributed by atoms with Crippen molar-refractivity contribution in [3.05, 3.63) is 0 Å². The molecule has 0 saturated carbocycles. The van der Waals surface area contributed by atoms with Gasteiger partial charge >= 0.3 is 0 Å². The Hall–Kier alpha value is -0.420. The van der Waals surface area contributed by atoms with E-state index in [2.05, 4.69) is 12.2 Å². The van der Waals surface area contributed by atoms with Crippen molar-refractivity contribution in [1.29, 1.82) is 0 Å². The molecule has 0 aromatic carbocycles. The molecule has 1 aliphatic rings. The van der Waals surface area contributed by atoms with E-state index in [1.165, 1.54) is 0 Å². The summed E-state index contributed by atoms with van der Waals surface area (Å²) in [5, 5.41) is 3.00. The Morgan fingerprint density at radius 2 is 2.12 bits per heavy atom. The van der Waals surface area contributed by atoms with Crippen LogP contribution in [0.15, 0.2) is 0 Å². The van der Waals surface area contributed by atoms with Gasteiger partial charge in [-0.05, 0) is 31.7 Å². The number of amides is 1. The van der Waals surface area contributed by atoms with Gasteiger partial charge in [0.1, 0.15) is 0 Å². The molecule has 16 heavy (non-hydrogen) atoms. The lowest BCUT2D eigenvalue weighted by molar-refractivity contribution is -0.122. The van der Waals surface area contributed by atoms with Gasteiger partial charge in [0.2, 0.25) is 5.91 Å². The van der Waals surface area contributed by atoms with E-state index in [-0.39, 0.29) is 11.9 Å². The van der Waals surface area contributed by atoms with Crippen LogP contribution in [0.2, 0.25) is 0 Å². The fraction of sp³-hybridized carbons (Fsp3) is 0.909. The third-order valence-corrected chi connectivity index (χ3v) is 4.40. The molecule has 0 spiro atoms. The molecule has 1 aliphatic heterocycles. The monoisotopic (exact) mass is 246 g/mol. The Morgan fingerprint density at radius 3 is 2.69 bits per heavy atom. The van der Waals surface area contributed by atoms with Crippen LogP contribution in [-0.4, -0.2) is 34.2 Å². The molecule has 4 nitrogen and oxygen atoms in total. The first-order valence-electron chi connectivity index (χ1n) is 5.96. The molecule has 1 amide bonds. The van der Waals surface area contributed by atoms with Crippen LogP contribution in [0.3, 0.4) is 0 Å². The van der Waals surface area contributed by atoms with Crippen LogP contribution in [0.4, 0.5) is 0 Å². The van der Waals surface area contributed by atoms with Crippen LogP contribution in [0.1, 0.15) is 32.6 Å². The predicted octanol–water partition coefficient (Wildman–Crippen LogP) is 0.389. The maximum Gasteiger partial charge on any atom is 0.220 e. The van der Waals surface area contributed by atoms with E-state index in [9.17, 15) is 9.00 Å². The largest absolute Gasteiger partial charge is 0.353 e. The zero-order valence-corrected chi connectivity index (χ0v) is 10.7. The number of hydrogen-bond acceptors (Lipinski definition) is 3. The molecule has 94 valence electrons. The Morgan fingerprint density at radius 1 is 1.50 bits per heavy atom. The van der Waals surface area contributed by atoms with Gasteiger partial charge in [-0.25, -0.2) is 0 Å². The van der Waals surface area contributed by atoms with Crippen LogP contribution in [0, 0.1) is 5.92 Å². The molecular weight excluding hydrogens is 224 g/mol. The molecule has 3 N–H and O–H groups in total. The summed E-state index contributed by atoms with van der Waals surface area (Å²) in [6, 6.07) is 0.235. The SMILES string of the molecule is CC(CN)CCC(=O)NC1CCS(=O)CC1. The number of carbonyl (C=O) groups is 1. The average molecular weight is 246 g/mol. The molecular formula is C11H22N2O2S. The van der Waals surface area contributed by atoms with Crippen molar-refractivity contribution < 1.29 is 9.00 Å². The zero-order valence-electron chi connectivity index (χ0n) is 9.91. The summed E-state index contributed by atoms with van der Waals surface area (Å²) in [5.74, 6) is 1.97. The van der Waals surface area contributed by atoms with Crippen LogP contribution in [0.25, 0.3) is 0 Å². The van der Waals surface area contributed by atoms with Gasteiger partial charge in [-0.2, -0.15) is 0 Å². The summed E-state index contributed by atoms with van der Waals surface area (Å²) in [6.07, 6.45) is 3.11. The summed E-state index contributed by atoms with van der Waals surface area (Å²) in [5.41, 5.74) is 5.49. The Kier molecular flexibility index (Phi) is 5.98. The minimum atomic E-state index is -0.656. The van der Waals surface area contributed by atoms with Crippen molar-refractivity contribution in [2.45, 2.75) is 38.6 Å². The molecule has 1 saturated heterocycles. The summed E-state index contributed by atoms with van der Waals surface area (Å²) in [6.45, 7) is 2.69. The molecule has 1 atom stereocenters. The van der Waals surface area contributed by atoms with E-state index in [1.54, 1.807) is 0 Å². The molecule has 5 heteroatoms. The topological polar surface area (TPSA) is 72.2 Å². The van der Waals surface area contributed by atoms with Crippen LogP contribution < -0.4 is 11.1 Å². The normalized spacial score (nSPS) is 27.4. The second kappa shape index (κ2) is 7.01. The van der Waals surface area contributed by atoms with E-state index in [0.29, 0.717) is 18.9 Å². The highest BCUT2D eigenvalue weighted by atomic mass is 32.2. The lowest BCUT2D eigenvalue weighted by Crippen LogP contribution is -2.39. The van der Waals surface area contributed by atoms with Gasteiger partial charge in [0.25, 0.3) is 0 Å². The van der Waals surface area contributed by atoms with E-state index >= 15 is 0 Å². The number of hydrogen-bond donors (Lipinski definition) is 2. The van der Waals surface area contributed by atoms with Gasteiger partial charge in [0.15, 0.2) is 0 Å². The Bertz CT molecular complexity index is 248. The third kappa shape index (κ3) is 5.07. The van der Waals surface area contributed by atoms with Gasteiger partial charge in [-0.1, -0.05) is 6.92 Å². The lowest BCUT2D eigenvalue weighted by Gasteiger charge is -2.22. The standard InChI is InChI=1S/C11H22N2O2S/c1-9(8-12)2-3-11(14)13-10-4-6-16(15)7-5-10/h9-10H,2-8,12H2,1H3,(H,13,14). The molecule has 1 heterocycles. The molecule has 1 fully saturated rings. The van der Waals surface area contributed by atoms with Crippen molar-refractivity contribution in [1.82, 2.24) is 5.32 Å². The fourth-order valence-electron chi connectivity index (χ4n) is 1.73. The van der Waals surface area contributed by atoms with Gasteiger partial charge in [0, 0.05) is 34.8 Å². The van der Waals surface area contributed by atoms with Gasteiger partial charge < -0.3 is 11.1 Å². The smallest absolute Gasteiger partial charge is 0.220 e. The highest BCUT2D eigenvalue weighted by Crippen LogP contribution is 2.10. The zero-order chi connectivity index (χ0) is 12.0. The Balaban J connectivity index is 2.16. The van der Waals surface area contributed by atoms with E-state index in [4.69, 9.17) is 5.73 Å². The molecule has 1 rings (SSSR count). The highest BCUT2D eigenvalue weighted by Gasteiger charge is 2.19. The number of nitrogens with one attached hydrogen (secondary N) is 1. The van der Waals surface area contributed by atoms with Crippen molar-refractivity contribution in [2.24, 2.45) is 11.7 Å². The lowest BCUT2D eigenvalue weighted by atomic mass is 10.1. The number of rotatable bonds is 5. The van der Waals surface area contributed by atoms with Crippen LogP contribution >= 0.6 is 0 Å². The van der Waals surface area contributed by atoms with E-state index < -0.39 is 10.8 Å². The minimum absolute atomic E-state index is 0.109. The first-order valence-corrected chi connectivity index (χ1v) is 7.45. The van der Waals surface area contributed by atoms with Crippen molar-refractivity contribution in [3.63, 3.8) is 0 Å². The first kappa shape index (κ1) is 13.6. The predicted molar refractivity (Wildman–Crippen MR) is 66.5 cm³/mol. The summed E-state index contributed by atoms with van der Waals surface area (Å²) < 4.78 is 11.1. The van der Waals surface area contributed by atoms with E-state index in [1.807, 2.05) is 0 Å². The van der Waals surface area contributed by atoms with Crippen LogP contribution in [0.5, 0.6) is 0 Å². The summed E-state index contributed by atoms with van der Waals surface area (Å²) in [7, 11) is -0.656. The van der Waals surface area contributed by atoms with Crippen molar-refractivity contribution in [2.75, 3.05) is 18.1 Å². The quantitative estimate of drug-likeness (QED) is 0.737. The van der Waals surface area contributed by atoms with Crippen LogP contribution in [-0.2, 0) is 15.6 Å². The van der Waals surface area contributed by atoms with E-state index in [0.717, 1.165) is 30.8 Å². The first-order chi connectivity index (χ1) is 7.61. The third-order valence-electron chi connectivity index (χ3n) is 3.02. The number of nitrogens with two attached hydrogens (primary N) is 1. The molecule has 0 aliphatic carbocycles. The molecule has 0 radical (unpaired) electrons. The second-order valence-electron chi connectivity index (χ2n) is 4.57. The summed E-state index contributed by atoms with van der Waals surface area (Å²) in [4.78, 5) is 11.6. The Labute approximate surface area is 99.8 Å². The minimum Gasteiger partial charge on any atom is -0.353 e. The molecule has 0 bridgehead atoms. The highest BCUT2D eigenvalue weighted by molar-refractivity contribution is 7.85. The maximum absolute atomic E-state index is 11.6. The molecule has 1 unspecified atom stereocenters. The second-order valence-corrected chi connectivity index (χ2v) is 6.27. The summed E-state index contributed by atoms with van der Waals surface area (Å²) >= 11 is 0. The molecule has 0 aromatic heterocycles. The van der Waals surface area contributed by atoms with Gasteiger partial charge in [-0.3, -0.25) is 9.00 Å². The average Bonchev–Trinajstić information content (AvgIpc) is 2.29. The fourth-order valence-corrected chi connectivity index (χ4v) is 3.03. The van der Waals surface area contributed by atoms with Crippen molar-refractivity contribution >= 4 is 16.7 Å². The number of carbonyl (C=O) groups excluding carboxylic acids is 1. The van der Waals surface area contributed by atoms with Gasteiger partial charge in [0.05, 0.1) is 0 Å².